The highest BCUT2D eigenvalue weighted by Crippen LogP contribution is 2.27. The first-order valence-corrected chi connectivity index (χ1v) is 3.46. The standard InChI is InChI=1S/C8H12N2O/c1-5(9)6-3-2-4-7(10)8(6)11/h2-5,11H,9-10H2,1H3/t5-/m1/s1. The summed E-state index contributed by atoms with van der Waals surface area (Å²) < 4.78 is 0. The van der Waals surface area contributed by atoms with Crippen molar-refractivity contribution in [2.75, 3.05) is 5.73 Å². The Morgan fingerprint density at radius 2 is 2.09 bits per heavy atom. The van der Waals surface area contributed by atoms with E-state index in [-0.39, 0.29) is 11.8 Å². The first-order valence-electron chi connectivity index (χ1n) is 3.46. The SMILES string of the molecule is C[C@@H](N)c1cccc(N)c1O. The number of rotatable bonds is 1. The van der Waals surface area contributed by atoms with E-state index in [2.05, 4.69) is 0 Å². The molecule has 0 aliphatic rings. The number of hydrogen-bond acceptors (Lipinski definition) is 3. The fourth-order valence-electron chi connectivity index (χ4n) is 0.947. The van der Waals surface area contributed by atoms with Gasteiger partial charge in [-0.05, 0) is 13.0 Å². The summed E-state index contributed by atoms with van der Waals surface area (Å²) in [5.74, 6) is 0.0995. The van der Waals surface area contributed by atoms with Crippen LogP contribution >= 0.6 is 0 Å². The maximum Gasteiger partial charge on any atom is 0.143 e. The van der Waals surface area contributed by atoms with Crippen molar-refractivity contribution in [3.05, 3.63) is 23.8 Å². The second-order valence-corrected chi connectivity index (χ2v) is 2.57. The molecular formula is C8H12N2O. The van der Waals surface area contributed by atoms with Crippen LogP contribution in [0.1, 0.15) is 18.5 Å². The molecule has 0 fully saturated rings. The van der Waals surface area contributed by atoms with Crippen molar-refractivity contribution in [1.82, 2.24) is 0 Å². The lowest BCUT2D eigenvalue weighted by Gasteiger charge is -2.08. The molecule has 0 radical (unpaired) electrons. The average Bonchev–Trinajstić information content (AvgIpc) is 1.94. The number of anilines is 1. The number of nitrogen functional groups attached to an aromatic ring is 1. The van der Waals surface area contributed by atoms with E-state index >= 15 is 0 Å². The van der Waals surface area contributed by atoms with E-state index in [4.69, 9.17) is 11.5 Å². The molecule has 60 valence electrons. The Morgan fingerprint density at radius 3 is 2.55 bits per heavy atom. The third kappa shape index (κ3) is 1.43. The maximum absolute atomic E-state index is 9.36. The third-order valence-corrected chi connectivity index (χ3v) is 1.59. The van der Waals surface area contributed by atoms with Gasteiger partial charge < -0.3 is 16.6 Å². The summed E-state index contributed by atoms with van der Waals surface area (Å²) in [7, 11) is 0. The highest BCUT2D eigenvalue weighted by atomic mass is 16.3. The number of nitrogens with two attached hydrogens (primary N) is 2. The van der Waals surface area contributed by atoms with Crippen molar-refractivity contribution in [2.24, 2.45) is 5.73 Å². The van der Waals surface area contributed by atoms with Crippen molar-refractivity contribution >= 4 is 5.69 Å². The summed E-state index contributed by atoms with van der Waals surface area (Å²) in [6.45, 7) is 1.80. The van der Waals surface area contributed by atoms with Crippen molar-refractivity contribution < 1.29 is 5.11 Å². The lowest BCUT2D eigenvalue weighted by molar-refractivity contribution is 0.466. The molecule has 0 aliphatic heterocycles. The van der Waals surface area contributed by atoms with Gasteiger partial charge in [0.15, 0.2) is 0 Å². The van der Waals surface area contributed by atoms with E-state index in [1.54, 1.807) is 25.1 Å². The van der Waals surface area contributed by atoms with Crippen LogP contribution in [0.3, 0.4) is 0 Å². The molecule has 11 heavy (non-hydrogen) atoms. The molecule has 0 saturated heterocycles. The number of phenolic OH excluding ortho intramolecular Hbond substituents is 1. The molecule has 0 aliphatic carbocycles. The van der Waals surface area contributed by atoms with Crippen LogP contribution in [-0.2, 0) is 0 Å². The Hall–Kier alpha value is -1.22. The van der Waals surface area contributed by atoms with Crippen LogP contribution in [0, 0.1) is 0 Å². The van der Waals surface area contributed by atoms with E-state index < -0.39 is 0 Å². The van der Waals surface area contributed by atoms with Crippen LogP contribution in [0.15, 0.2) is 18.2 Å². The van der Waals surface area contributed by atoms with Gasteiger partial charge in [-0.2, -0.15) is 0 Å². The summed E-state index contributed by atoms with van der Waals surface area (Å²) in [6.07, 6.45) is 0. The van der Waals surface area contributed by atoms with E-state index in [9.17, 15) is 5.11 Å². The first-order chi connectivity index (χ1) is 5.13. The van der Waals surface area contributed by atoms with Gasteiger partial charge in [-0.1, -0.05) is 12.1 Å². The highest BCUT2D eigenvalue weighted by Gasteiger charge is 2.06. The number of aromatic hydroxyl groups is 1. The van der Waals surface area contributed by atoms with Crippen LogP contribution in [0.25, 0.3) is 0 Å². The molecule has 3 nitrogen and oxygen atoms in total. The summed E-state index contributed by atoms with van der Waals surface area (Å²) in [5, 5.41) is 9.36. The van der Waals surface area contributed by atoms with Gasteiger partial charge in [-0.25, -0.2) is 0 Å². The summed E-state index contributed by atoms with van der Waals surface area (Å²) >= 11 is 0. The minimum absolute atomic E-state index is 0.0995. The molecule has 0 aromatic heterocycles. The predicted octanol–water partition coefficient (Wildman–Crippen LogP) is 0.994. The minimum atomic E-state index is -0.182. The first kappa shape index (κ1) is 7.88. The molecule has 0 bridgehead atoms. The van der Waals surface area contributed by atoms with Crippen molar-refractivity contribution in [1.29, 1.82) is 0 Å². The van der Waals surface area contributed by atoms with E-state index in [1.807, 2.05) is 0 Å². The topological polar surface area (TPSA) is 72.3 Å². The molecule has 1 aromatic carbocycles. The monoisotopic (exact) mass is 152 g/mol. The Balaban J connectivity index is 3.17. The van der Waals surface area contributed by atoms with Gasteiger partial charge in [0.1, 0.15) is 5.75 Å². The van der Waals surface area contributed by atoms with Crippen molar-refractivity contribution in [3.63, 3.8) is 0 Å². The fourth-order valence-corrected chi connectivity index (χ4v) is 0.947. The number of hydrogen-bond donors (Lipinski definition) is 3. The Labute approximate surface area is 65.6 Å². The zero-order valence-electron chi connectivity index (χ0n) is 6.41. The third-order valence-electron chi connectivity index (χ3n) is 1.59. The molecule has 1 aromatic rings. The maximum atomic E-state index is 9.36. The zero-order chi connectivity index (χ0) is 8.43. The lowest BCUT2D eigenvalue weighted by Crippen LogP contribution is -2.05. The van der Waals surface area contributed by atoms with Crippen LogP contribution in [0.5, 0.6) is 5.75 Å². The fraction of sp³-hybridized carbons (Fsp3) is 0.250. The van der Waals surface area contributed by atoms with Gasteiger partial charge in [0, 0.05) is 11.6 Å². The lowest BCUT2D eigenvalue weighted by atomic mass is 10.1. The molecule has 3 heteroatoms. The molecule has 0 spiro atoms. The van der Waals surface area contributed by atoms with Crippen LogP contribution in [0.2, 0.25) is 0 Å². The molecule has 0 amide bonds. The van der Waals surface area contributed by atoms with Crippen molar-refractivity contribution in [3.8, 4) is 5.75 Å². The minimum Gasteiger partial charge on any atom is -0.505 e. The van der Waals surface area contributed by atoms with E-state index in [0.29, 0.717) is 11.3 Å². The molecule has 0 heterocycles. The molecule has 0 unspecified atom stereocenters. The Kier molecular flexibility index (Phi) is 2.01. The second kappa shape index (κ2) is 2.80. The zero-order valence-corrected chi connectivity index (χ0v) is 6.41. The Morgan fingerprint density at radius 1 is 1.45 bits per heavy atom. The Bertz CT molecular complexity index is 258. The summed E-state index contributed by atoms with van der Waals surface area (Å²) in [5.41, 5.74) is 12.1. The van der Waals surface area contributed by atoms with Gasteiger partial charge in [0.05, 0.1) is 5.69 Å². The number of benzene rings is 1. The normalized spacial score (nSPS) is 12.9. The second-order valence-electron chi connectivity index (χ2n) is 2.57. The van der Waals surface area contributed by atoms with E-state index in [1.165, 1.54) is 0 Å². The molecular weight excluding hydrogens is 140 g/mol. The number of para-hydroxylation sites is 1. The van der Waals surface area contributed by atoms with Crippen molar-refractivity contribution in [2.45, 2.75) is 13.0 Å². The van der Waals surface area contributed by atoms with Gasteiger partial charge in [0.25, 0.3) is 0 Å². The predicted molar refractivity (Wildman–Crippen MR) is 45.1 cm³/mol. The van der Waals surface area contributed by atoms with Gasteiger partial charge in [-0.15, -0.1) is 0 Å². The van der Waals surface area contributed by atoms with Crippen LogP contribution in [-0.4, -0.2) is 5.11 Å². The average molecular weight is 152 g/mol. The van der Waals surface area contributed by atoms with Gasteiger partial charge in [-0.3, -0.25) is 0 Å². The van der Waals surface area contributed by atoms with Gasteiger partial charge >= 0.3 is 0 Å². The quantitative estimate of drug-likeness (QED) is 0.415. The largest absolute Gasteiger partial charge is 0.505 e. The van der Waals surface area contributed by atoms with Crippen LogP contribution < -0.4 is 11.5 Å². The number of phenols is 1. The smallest absolute Gasteiger partial charge is 0.143 e. The summed E-state index contributed by atoms with van der Waals surface area (Å²) in [6, 6.07) is 4.99. The highest BCUT2D eigenvalue weighted by molar-refractivity contribution is 5.56. The van der Waals surface area contributed by atoms with E-state index in [0.717, 1.165) is 0 Å². The molecule has 1 rings (SSSR count). The summed E-state index contributed by atoms with van der Waals surface area (Å²) in [4.78, 5) is 0. The molecule has 1 atom stereocenters. The molecule has 0 saturated carbocycles. The van der Waals surface area contributed by atoms with Crippen LogP contribution in [0.4, 0.5) is 5.69 Å². The van der Waals surface area contributed by atoms with Gasteiger partial charge in [0.2, 0.25) is 0 Å². The molecule has 5 N–H and O–H groups in total.